The third-order valence-corrected chi connectivity index (χ3v) is 7.34. The van der Waals surface area contributed by atoms with Crippen molar-refractivity contribution in [3.05, 3.63) is 56.7 Å². The predicted molar refractivity (Wildman–Crippen MR) is 108 cm³/mol. The summed E-state index contributed by atoms with van der Waals surface area (Å²) in [6.45, 7) is 4.84. The van der Waals surface area contributed by atoms with Gasteiger partial charge in [-0.25, -0.2) is 4.98 Å². The van der Waals surface area contributed by atoms with E-state index >= 15 is 0 Å². The lowest BCUT2D eigenvalue weighted by Crippen LogP contribution is -2.34. The molecule has 6 heteroatoms. The fourth-order valence-corrected chi connectivity index (χ4v) is 5.33. The molecule has 3 aromatic rings. The minimum atomic E-state index is -0.188. The zero-order valence-electron chi connectivity index (χ0n) is 15.2. The van der Waals surface area contributed by atoms with E-state index in [1.54, 1.807) is 27.7 Å². The van der Waals surface area contributed by atoms with Gasteiger partial charge in [-0.3, -0.25) is 9.36 Å². The quantitative estimate of drug-likeness (QED) is 0.488. The summed E-state index contributed by atoms with van der Waals surface area (Å²) in [5, 5.41) is 1.56. The van der Waals surface area contributed by atoms with Crippen LogP contribution in [-0.4, -0.2) is 15.2 Å². The first-order chi connectivity index (χ1) is 12.5. The highest BCUT2D eigenvalue weighted by molar-refractivity contribution is 7.98. The van der Waals surface area contributed by atoms with E-state index in [-0.39, 0.29) is 11.2 Å². The molecule has 1 aliphatic heterocycles. The number of hydrogen-bond donors (Lipinski definition) is 0. The average molecular weight is 387 g/mol. The van der Waals surface area contributed by atoms with Gasteiger partial charge in [-0.05, 0) is 24.5 Å². The van der Waals surface area contributed by atoms with Crippen LogP contribution in [0.1, 0.15) is 36.3 Å². The van der Waals surface area contributed by atoms with Crippen LogP contribution in [0.4, 0.5) is 0 Å². The van der Waals surface area contributed by atoms with Crippen molar-refractivity contribution in [1.29, 1.82) is 0 Å². The first kappa shape index (κ1) is 17.8. The number of hydrogen-bond acceptors (Lipinski definition) is 5. The van der Waals surface area contributed by atoms with Gasteiger partial charge >= 0.3 is 0 Å². The lowest BCUT2D eigenvalue weighted by molar-refractivity contribution is -0.0543. The van der Waals surface area contributed by atoms with E-state index in [4.69, 9.17) is 9.72 Å². The molecule has 1 unspecified atom stereocenters. The second-order valence-electron chi connectivity index (χ2n) is 6.99. The maximum absolute atomic E-state index is 13.1. The van der Waals surface area contributed by atoms with Crippen LogP contribution in [0.3, 0.4) is 0 Å². The molecule has 0 radical (unpaired) electrons. The molecule has 26 heavy (non-hydrogen) atoms. The molecule has 2 aromatic heterocycles. The maximum Gasteiger partial charge on any atom is 0.262 e. The Morgan fingerprint density at radius 1 is 1.35 bits per heavy atom. The maximum atomic E-state index is 13.1. The molecule has 0 fully saturated rings. The van der Waals surface area contributed by atoms with E-state index in [2.05, 4.69) is 26.0 Å². The van der Waals surface area contributed by atoms with Crippen LogP contribution in [0, 0.1) is 0 Å². The second-order valence-corrected chi connectivity index (χ2v) is 9.01. The van der Waals surface area contributed by atoms with Crippen molar-refractivity contribution < 1.29 is 4.74 Å². The van der Waals surface area contributed by atoms with E-state index in [1.165, 1.54) is 5.56 Å². The Hall–Kier alpha value is -1.63. The smallest absolute Gasteiger partial charge is 0.262 e. The number of thiophene rings is 1. The van der Waals surface area contributed by atoms with Gasteiger partial charge in [0.25, 0.3) is 5.56 Å². The van der Waals surface area contributed by atoms with E-state index in [0.29, 0.717) is 6.61 Å². The van der Waals surface area contributed by atoms with Crippen molar-refractivity contribution in [3.8, 4) is 0 Å². The number of benzene rings is 1. The Kier molecular flexibility index (Phi) is 4.67. The molecule has 0 spiro atoms. The number of aromatic nitrogens is 2. The first-order valence-corrected chi connectivity index (χ1v) is 10.6. The lowest BCUT2D eigenvalue weighted by atomic mass is 9.90. The summed E-state index contributed by atoms with van der Waals surface area (Å²) in [6, 6.07) is 10.3. The fraction of sp³-hybridized carbons (Fsp3) is 0.400. The normalized spacial score (nSPS) is 19.7. The molecular formula is C20H22N2O2S2. The number of ether oxygens (including phenoxy) is 1. The summed E-state index contributed by atoms with van der Waals surface area (Å²) < 4.78 is 7.74. The number of fused-ring (bicyclic) bond motifs is 3. The molecule has 0 amide bonds. The molecule has 0 saturated heterocycles. The molecule has 0 bridgehead atoms. The lowest BCUT2D eigenvalue weighted by Gasteiger charge is -2.32. The Labute approximate surface area is 161 Å². The van der Waals surface area contributed by atoms with Crippen LogP contribution in [0.25, 0.3) is 10.2 Å². The summed E-state index contributed by atoms with van der Waals surface area (Å²) >= 11 is 3.21. The van der Waals surface area contributed by atoms with Crippen molar-refractivity contribution in [2.45, 2.75) is 49.8 Å². The van der Waals surface area contributed by atoms with E-state index in [1.807, 2.05) is 25.2 Å². The molecular weight excluding hydrogens is 364 g/mol. The summed E-state index contributed by atoms with van der Waals surface area (Å²) in [4.78, 5) is 19.9. The van der Waals surface area contributed by atoms with Gasteiger partial charge < -0.3 is 4.74 Å². The highest BCUT2D eigenvalue weighted by atomic mass is 32.2. The molecule has 0 aliphatic carbocycles. The van der Waals surface area contributed by atoms with Crippen LogP contribution in [-0.2, 0) is 30.6 Å². The van der Waals surface area contributed by atoms with Crippen molar-refractivity contribution >= 4 is 33.3 Å². The van der Waals surface area contributed by atoms with Gasteiger partial charge in [0.15, 0.2) is 5.16 Å². The van der Waals surface area contributed by atoms with Crippen LogP contribution < -0.4 is 5.56 Å². The van der Waals surface area contributed by atoms with Crippen LogP contribution in [0.15, 0.2) is 40.3 Å². The van der Waals surface area contributed by atoms with Crippen molar-refractivity contribution in [2.24, 2.45) is 7.05 Å². The van der Waals surface area contributed by atoms with Gasteiger partial charge in [-0.2, -0.15) is 0 Å². The summed E-state index contributed by atoms with van der Waals surface area (Å²) in [6.07, 6.45) is 1.72. The monoisotopic (exact) mass is 386 g/mol. The highest BCUT2D eigenvalue weighted by Gasteiger charge is 2.33. The van der Waals surface area contributed by atoms with Gasteiger partial charge in [0, 0.05) is 24.1 Å². The van der Waals surface area contributed by atoms with Crippen molar-refractivity contribution in [1.82, 2.24) is 9.55 Å². The summed E-state index contributed by atoms with van der Waals surface area (Å²) in [5.74, 6) is 0.800. The highest BCUT2D eigenvalue weighted by Crippen LogP contribution is 2.38. The van der Waals surface area contributed by atoms with E-state index < -0.39 is 0 Å². The largest absolute Gasteiger partial charge is 0.369 e. The SMILES string of the molecule is CCC1(C)Cc2c(sc3nc(SCc4ccccc4)n(C)c(=O)c23)CO1. The molecule has 136 valence electrons. The van der Waals surface area contributed by atoms with Crippen molar-refractivity contribution in [2.75, 3.05) is 0 Å². The summed E-state index contributed by atoms with van der Waals surface area (Å²) in [5.41, 5.74) is 2.24. The van der Waals surface area contributed by atoms with Gasteiger partial charge in [-0.15, -0.1) is 11.3 Å². The fourth-order valence-electron chi connectivity index (χ4n) is 3.26. The molecule has 0 saturated carbocycles. The van der Waals surface area contributed by atoms with Crippen molar-refractivity contribution in [3.63, 3.8) is 0 Å². The van der Waals surface area contributed by atoms with Crippen LogP contribution >= 0.6 is 23.1 Å². The number of thioether (sulfide) groups is 1. The number of nitrogens with zero attached hydrogens (tertiary/aromatic N) is 2. The number of rotatable bonds is 4. The van der Waals surface area contributed by atoms with Gasteiger partial charge in [0.2, 0.25) is 0 Å². The molecule has 1 atom stereocenters. The van der Waals surface area contributed by atoms with Gasteiger partial charge in [0.1, 0.15) is 4.83 Å². The first-order valence-electron chi connectivity index (χ1n) is 8.83. The molecule has 0 N–H and O–H groups in total. The van der Waals surface area contributed by atoms with E-state index in [0.717, 1.165) is 44.4 Å². The minimum absolute atomic E-state index is 0.0587. The second kappa shape index (κ2) is 6.83. The Bertz CT molecular complexity index is 1010. The molecule has 3 heterocycles. The third kappa shape index (κ3) is 3.10. The van der Waals surface area contributed by atoms with Crippen LogP contribution in [0.5, 0.6) is 0 Å². The molecule has 4 nitrogen and oxygen atoms in total. The Balaban J connectivity index is 1.73. The topological polar surface area (TPSA) is 44.1 Å². The molecule has 4 rings (SSSR count). The Morgan fingerprint density at radius 2 is 2.12 bits per heavy atom. The molecule has 1 aliphatic rings. The van der Waals surface area contributed by atoms with Crippen LogP contribution in [0.2, 0.25) is 0 Å². The third-order valence-electron chi connectivity index (χ3n) is 5.14. The van der Waals surface area contributed by atoms with Gasteiger partial charge in [-0.1, -0.05) is 49.0 Å². The predicted octanol–water partition coefficient (Wildman–Crippen LogP) is 4.53. The standard InChI is InChI=1S/C20H22N2O2S2/c1-4-20(2)10-14-15(11-24-20)26-17-16(14)18(23)22(3)19(21-17)25-12-13-8-6-5-7-9-13/h5-9H,4,10-12H2,1-3H3. The minimum Gasteiger partial charge on any atom is -0.369 e. The zero-order chi connectivity index (χ0) is 18.3. The zero-order valence-corrected chi connectivity index (χ0v) is 16.9. The average Bonchev–Trinajstić information content (AvgIpc) is 3.01. The summed E-state index contributed by atoms with van der Waals surface area (Å²) in [7, 11) is 1.82. The van der Waals surface area contributed by atoms with E-state index in [9.17, 15) is 4.79 Å². The van der Waals surface area contributed by atoms with Gasteiger partial charge in [0.05, 0.1) is 17.6 Å². The Morgan fingerprint density at radius 3 is 2.85 bits per heavy atom. The molecule has 1 aromatic carbocycles.